The molecule has 0 radical (unpaired) electrons. The van der Waals surface area contributed by atoms with E-state index in [1.54, 1.807) is 30.5 Å². The number of para-hydroxylation sites is 1. The van der Waals surface area contributed by atoms with Gasteiger partial charge in [-0.15, -0.1) is 0 Å². The van der Waals surface area contributed by atoms with Crippen LogP contribution in [0.25, 0.3) is 10.9 Å². The molecule has 0 saturated carbocycles. The first-order chi connectivity index (χ1) is 14.6. The zero-order chi connectivity index (χ0) is 20.9. The summed E-state index contributed by atoms with van der Waals surface area (Å²) in [5.74, 6) is 0.393. The molecular formula is C24H23ClN2O3. The number of nitrogens with one attached hydrogen (secondary N) is 1. The largest absolute Gasteiger partial charge is 0.505 e. The third-order valence-electron chi connectivity index (χ3n) is 5.27. The Kier molecular flexibility index (Phi) is 6.19. The zero-order valence-electron chi connectivity index (χ0n) is 16.5. The summed E-state index contributed by atoms with van der Waals surface area (Å²) in [5, 5.41) is 15.2. The number of benzene rings is 2. The number of carbonyl (C=O) groups excluding carboxylic acids is 1. The van der Waals surface area contributed by atoms with E-state index in [-0.39, 0.29) is 18.3 Å². The lowest BCUT2D eigenvalue weighted by molar-refractivity contribution is -0.123. The molecule has 1 heterocycles. The number of allylic oxidation sites excluding steroid dienone is 1. The van der Waals surface area contributed by atoms with Crippen molar-refractivity contribution >= 4 is 28.4 Å². The number of rotatable bonds is 6. The summed E-state index contributed by atoms with van der Waals surface area (Å²) in [5.41, 5.74) is 2.04. The van der Waals surface area contributed by atoms with Crippen LogP contribution in [0.2, 0.25) is 5.02 Å². The van der Waals surface area contributed by atoms with Gasteiger partial charge in [0.2, 0.25) is 0 Å². The van der Waals surface area contributed by atoms with Crippen molar-refractivity contribution in [2.75, 3.05) is 6.61 Å². The molecule has 3 aromatic rings. The van der Waals surface area contributed by atoms with E-state index in [9.17, 15) is 9.90 Å². The highest BCUT2D eigenvalue weighted by Crippen LogP contribution is 2.40. The third-order valence-corrected chi connectivity index (χ3v) is 5.58. The number of aromatic nitrogens is 1. The second kappa shape index (κ2) is 9.18. The predicted octanol–water partition coefficient (Wildman–Crippen LogP) is 5.33. The molecule has 1 atom stereocenters. The summed E-state index contributed by atoms with van der Waals surface area (Å²) in [6, 6.07) is 14.0. The molecule has 1 aromatic heterocycles. The Morgan fingerprint density at radius 2 is 2.03 bits per heavy atom. The second-order valence-corrected chi connectivity index (χ2v) is 7.73. The summed E-state index contributed by atoms with van der Waals surface area (Å²) in [6.07, 6.45) is 7.71. The lowest BCUT2D eigenvalue weighted by Gasteiger charge is -2.26. The molecule has 0 aliphatic heterocycles. The van der Waals surface area contributed by atoms with Crippen molar-refractivity contribution in [3.63, 3.8) is 0 Å². The number of phenols is 1. The number of carbonyl (C=O) groups is 1. The van der Waals surface area contributed by atoms with E-state index >= 15 is 0 Å². The fourth-order valence-electron chi connectivity index (χ4n) is 3.79. The molecule has 0 spiro atoms. The molecule has 2 N–H and O–H groups in total. The molecule has 30 heavy (non-hydrogen) atoms. The quantitative estimate of drug-likeness (QED) is 0.526. The maximum atomic E-state index is 12.7. The van der Waals surface area contributed by atoms with Gasteiger partial charge in [-0.2, -0.15) is 0 Å². The summed E-state index contributed by atoms with van der Waals surface area (Å²) in [7, 11) is 0. The van der Waals surface area contributed by atoms with E-state index in [0.29, 0.717) is 27.2 Å². The van der Waals surface area contributed by atoms with Gasteiger partial charge >= 0.3 is 0 Å². The molecule has 6 heteroatoms. The molecule has 1 aliphatic rings. The zero-order valence-corrected chi connectivity index (χ0v) is 17.2. The number of ether oxygens (including phenoxy) is 1. The van der Waals surface area contributed by atoms with Crippen molar-refractivity contribution in [2.24, 2.45) is 0 Å². The number of fused-ring (bicyclic) bond motifs is 1. The van der Waals surface area contributed by atoms with E-state index in [4.69, 9.17) is 16.3 Å². The number of pyridine rings is 1. The summed E-state index contributed by atoms with van der Waals surface area (Å²) in [4.78, 5) is 17.0. The van der Waals surface area contributed by atoms with Gasteiger partial charge < -0.3 is 15.2 Å². The molecule has 0 fully saturated rings. The van der Waals surface area contributed by atoms with Crippen LogP contribution in [-0.4, -0.2) is 22.6 Å². The van der Waals surface area contributed by atoms with Crippen molar-refractivity contribution in [2.45, 2.75) is 31.7 Å². The van der Waals surface area contributed by atoms with Crippen molar-refractivity contribution < 1.29 is 14.6 Å². The lowest BCUT2D eigenvalue weighted by Crippen LogP contribution is -2.34. The molecule has 1 amide bonds. The van der Waals surface area contributed by atoms with Crippen molar-refractivity contribution in [1.29, 1.82) is 0 Å². The van der Waals surface area contributed by atoms with Gasteiger partial charge in [-0.1, -0.05) is 35.9 Å². The molecule has 154 valence electrons. The molecule has 2 aromatic carbocycles. The van der Waals surface area contributed by atoms with Crippen LogP contribution in [0.1, 0.15) is 37.3 Å². The second-order valence-electron chi connectivity index (χ2n) is 7.32. The fraction of sp³-hybridized carbons (Fsp3) is 0.250. The molecule has 5 nitrogen and oxygen atoms in total. The number of aromatic hydroxyl groups is 1. The van der Waals surface area contributed by atoms with Crippen LogP contribution >= 0.6 is 11.6 Å². The third kappa shape index (κ3) is 4.41. The Morgan fingerprint density at radius 1 is 1.20 bits per heavy atom. The first-order valence-corrected chi connectivity index (χ1v) is 10.4. The fourth-order valence-corrected chi connectivity index (χ4v) is 4.06. The van der Waals surface area contributed by atoms with Crippen LogP contribution < -0.4 is 10.1 Å². The number of nitrogens with zero attached hydrogens (tertiary/aromatic N) is 1. The Hall–Kier alpha value is -3.05. The molecule has 0 saturated heterocycles. The molecule has 1 unspecified atom stereocenters. The normalized spacial score (nSPS) is 14.8. The van der Waals surface area contributed by atoms with Gasteiger partial charge in [0, 0.05) is 17.1 Å². The van der Waals surface area contributed by atoms with E-state index in [1.165, 1.54) is 0 Å². The molecule has 1 aliphatic carbocycles. The minimum absolute atomic E-state index is 0.0377. The van der Waals surface area contributed by atoms with E-state index in [2.05, 4.69) is 16.4 Å². The van der Waals surface area contributed by atoms with Crippen LogP contribution in [0.5, 0.6) is 11.5 Å². The molecule has 4 rings (SSSR count). The van der Waals surface area contributed by atoms with E-state index in [1.807, 2.05) is 24.3 Å². The average molecular weight is 423 g/mol. The Labute approximate surface area is 180 Å². The van der Waals surface area contributed by atoms with Gasteiger partial charge in [0.1, 0.15) is 17.0 Å². The van der Waals surface area contributed by atoms with Gasteiger partial charge in [-0.3, -0.25) is 9.78 Å². The van der Waals surface area contributed by atoms with Gasteiger partial charge in [-0.05, 0) is 61.6 Å². The van der Waals surface area contributed by atoms with E-state index < -0.39 is 6.04 Å². The van der Waals surface area contributed by atoms with Gasteiger partial charge in [0.15, 0.2) is 6.61 Å². The van der Waals surface area contributed by atoms with Crippen LogP contribution in [-0.2, 0) is 4.79 Å². The number of amides is 1. The first kappa shape index (κ1) is 20.2. The lowest BCUT2D eigenvalue weighted by atomic mass is 9.88. The maximum Gasteiger partial charge on any atom is 0.258 e. The Balaban J connectivity index is 1.64. The molecule has 0 bridgehead atoms. The van der Waals surface area contributed by atoms with Crippen molar-refractivity contribution in [1.82, 2.24) is 10.3 Å². The summed E-state index contributed by atoms with van der Waals surface area (Å²) >= 11 is 6.49. The maximum absolute atomic E-state index is 12.7. The number of halogens is 1. The first-order valence-electron chi connectivity index (χ1n) is 10.1. The van der Waals surface area contributed by atoms with Crippen LogP contribution in [0.4, 0.5) is 0 Å². The minimum atomic E-state index is -0.485. The highest BCUT2D eigenvalue weighted by Gasteiger charge is 2.25. The minimum Gasteiger partial charge on any atom is -0.505 e. The summed E-state index contributed by atoms with van der Waals surface area (Å²) < 4.78 is 5.58. The SMILES string of the molecule is O=C(COc1ccccc1)NC(C1=CCCCC1)c1cc(Cl)c2cccnc2c1O. The van der Waals surface area contributed by atoms with Gasteiger partial charge in [0.25, 0.3) is 5.91 Å². The Morgan fingerprint density at radius 3 is 2.80 bits per heavy atom. The highest BCUT2D eigenvalue weighted by atomic mass is 35.5. The average Bonchev–Trinajstić information content (AvgIpc) is 2.80. The number of hydrogen-bond donors (Lipinski definition) is 2. The van der Waals surface area contributed by atoms with Gasteiger partial charge in [-0.25, -0.2) is 0 Å². The summed E-state index contributed by atoms with van der Waals surface area (Å²) in [6.45, 7) is -0.117. The number of hydrogen-bond acceptors (Lipinski definition) is 4. The standard InChI is InChI=1S/C24H23ClN2O3/c25-20-14-19(24(29)23-18(20)12-7-13-26-23)22(16-8-3-1-4-9-16)27-21(28)15-30-17-10-5-2-6-11-17/h2,5-8,10-14,22,29H,1,3-4,9,15H2,(H,27,28). The van der Waals surface area contributed by atoms with E-state index in [0.717, 1.165) is 31.3 Å². The van der Waals surface area contributed by atoms with Crippen molar-refractivity contribution in [3.8, 4) is 11.5 Å². The smallest absolute Gasteiger partial charge is 0.258 e. The van der Waals surface area contributed by atoms with Crippen LogP contribution in [0.15, 0.2) is 66.4 Å². The monoisotopic (exact) mass is 422 g/mol. The predicted molar refractivity (Wildman–Crippen MR) is 118 cm³/mol. The van der Waals surface area contributed by atoms with Gasteiger partial charge in [0.05, 0.1) is 11.1 Å². The molecular weight excluding hydrogens is 400 g/mol. The Bertz CT molecular complexity index is 1080. The highest BCUT2D eigenvalue weighted by molar-refractivity contribution is 6.35. The van der Waals surface area contributed by atoms with Crippen LogP contribution in [0.3, 0.4) is 0 Å². The topological polar surface area (TPSA) is 71.5 Å². The van der Waals surface area contributed by atoms with Crippen LogP contribution in [0, 0.1) is 0 Å². The van der Waals surface area contributed by atoms with Crippen molar-refractivity contribution in [3.05, 3.63) is 77.0 Å². The number of phenolic OH excluding ortho intramolecular Hbond substituents is 1.